The molecule has 0 radical (unpaired) electrons. The van der Waals surface area contributed by atoms with Gasteiger partial charge in [0.05, 0.1) is 18.7 Å². The number of ether oxygens (including phenoxy) is 2. The van der Waals surface area contributed by atoms with Crippen molar-refractivity contribution in [2.24, 2.45) is 0 Å². The van der Waals surface area contributed by atoms with Crippen LogP contribution in [-0.2, 0) is 11.3 Å². The molecule has 1 heterocycles. The zero-order valence-corrected chi connectivity index (χ0v) is 16.0. The third-order valence-electron chi connectivity index (χ3n) is 3.64. The van der Waals surface area contributed by atoms with Crippen LogP contribution in [-0.4, -0.2) is 36.6 Å². The van der Waals surface area contributed by atoms with Crippen LogP contribution in [0.15, 0.2) is 42.7 Å². The topological polar surface area (TPSA) is 51.7 Å². The van der Waals surface area contributed by atoms with Crippen molar-refractivity contribution in [3.05, 3.63) is 58.9 Å². The van der Waals surface area contributed by atoms with E-state index in [1.54, 1.807) is 49.7 Å². The third-order valence-corrected chi connectivity index (χ3v) is 3.92. The first-order valence-corrected chi connectivity index (χ1v) is 8.75. The van der Waals surface area contributed by atoms with Gasteiger partial charge in [-0.25, -0.2) is 0 Å². The van der Waals surface area contributed by atoms with Crippen molar-refractivity contribution in [1.82, 2.24) is 9.88 Å². The Labute approximate surface area is 159 Å². The molecule has 0 atom stereocenters. The molecule has 0 aliphatic heterocycles. The van der Waals surface area contributed by atoms with Crippen LogP contribution < -0.4 is 9.47 Å². The Kier molecular flexibility index (Phi) is 7.48. The molecule has 0 aliphatic carbocycles. The molecule has 0 fully saturated rings. The number of carbonyl (C=O) groups excluding carboxylic acids is 1. The average Bonchev–Trinajstić information content (AvgIpc) is 2.65. The fourth-order valence-corrected chi connectivity index (χ4v) is 2.59. The Balaban J connectivity index is 2.09. The summed E-state index contributed by atoms with van der Waals surface area (Å²) in [5, 5.41) is 0.452. The predicted molar refractivity (Wildman–Crippen MR) is 104 cm³/mol. The number of rotatable bonds is 8. The summed E-state index contributed by atoms with van der Waals surface area (Å²) in [6.45, 7) is 3.07. The summed E-state index contributed by atoms with van der Waals surface area (Å²) in [6, 6.07) is 7.32. The van der Waals surface area contributed by atoms with Gasteiger partial charge in [-0.2, -0.15) is 0 Å². The van der Waals surface area contributed by atoms with E-state index in [0.29, 0.717) is 29.7 Å². The van der Waals surface area contributed by atoms with Crippen molar-refractivity contribution in [3.63, 3.8) is 0 Å². The lowest BCUT2D eigenvalue weighted by Crippen LogP contribution is -2.24. The SMILES string of the molecule is CCCOc1c(Cl)cc(/C=C/C(=O)N(C)Cc2cccnc2)cc1OC. The number of likely N-dealkylation sites (N-methyl/N-ethyl adjacent to an activating group) is 1. The fourth-order valence-electron chi connectivity index (χ4n) is 2.32. The van der Waals surface area contributed by atoms with Gasteiger partial charge in [0, 0.05) is 32.1 Å². The molecule has 0 N–H and O–H groups in total. The molecule has 138 valence electrons. The Morgan fingerprint density at radius 3 is 2.85 bits per heavy atom. The Hall–Kier alpha value is -2.53. The minimum Gasteiger partial charge on any atom is -0.493 e. The van der Waals surface area contributed by atoms with Gasteiger partial charge in [0.2, 0.25) is 5.91 Å². The average molecular weight is 375 g/mol. The van der Waals surface area contributed by atoms with E-state index in [1.165, 1.54) is 6.08 Å². The molecule has 0 unspecified atom stereocenters. The number of halogens is 1. The van der Waals surface area contributed by atoms with Crippen LogP contribution in [0, 0.1) is 0 Å². The first kappa shape index (κ1) is 19.8. The minimum absolute atomic E-state index is 0.116. The van der Waals surface area contributed by atoms with Crippen LogP contribution >= 0.6 is 11.6 Å². The normalized spacial score (nSPS) is 10.8. The molecule has 0 saturated carbocycles. The minimum atomic E-state index is -0.116. The highest BCUT2D eigenvalue weighted by Gasteiger charge is 2.11. The molecule has 0 aliphatic rings. The van der Waals surface area contributed by atoms with Gasteiger partial charge in [-0.15, -0.1) is 0 Å². The van der Waals surface area contributed by atoms with Crippen LogP contribution in [0.3, 0.4) is 0 Å². The number of hydrogen-bond donors (Lipinski definition) is 0. The second-order valence-corrected chi connectivity index (χ2v) is 6.18. The van der Waals surface area contributed by atoms with E-state index in [-0.39, 0.29) is 5.91 Å². The maximum absolute atomic E-state index is 12.3. The van der Waals surface area contributed by atoms with Crippen molar-refractivity contribution in [2.45, 2.75) is 19.9 Å². The number of amides is 1. The van der Waals surface area contributed by atoms with Crippen molar-refractivity contribution in [1.29, 1.82) is 0 Å². The largest absolute Gasteiger partial charge is 0.493 e. The second-order valence-electron chi connectivity index (χ2n) is 5.77. The monoisotopic (exact) mass is 374 g/mol. The van der Waals surface area contributed by atoms with Gasteiger partial charge in [0.15, 0.2) is 11.5 Å². The van der Waals surface area contributed by atoms with Crippen LogP contribution in [0.2, 0.25) is 5.02 Å². The van der Waals surface area contributed by atoms with Crippen LogP contribution in [0.5, 0.6) is 11.5 Å². The van der Waals surface area contributed by atoms with Gasteiger partial charge in [-0.05, 0) is 41.8 Å². The van der Waals surface area contributed by atoms with Crippen LogP contribution in [0.1, 0.15) is 24.5 Å². The number of pyridine rings is 1. The van der Waals surface area contributed by atoms with Gasteiger partial charge in [0.1, 0.15) is 0 Å². The van der Waals surface area contributed by atoms with E-state index >= 15 is 0 Å². The maximum Gasteiger partial charge on any atom is 0.246 e. The van der Waals surface area contributed by atoms with Gasteiger partial charge >= 0.3 is 0 Å². The lowest BCUT2D eigenvalue weighted by Gasteiger charge is -2.15. The lowest BCUT2D eigenvalue weighted by molar-refractivity contribution is -0.125. The molecule has 1 amide bonds. The van der Waals surface area contributed by atoms with E-state index in [1.807, 2.05) is 19.1 Å². The molecule has 5 nitrogen and oxygen atoms in total. The molecule has 26 heavy (non-hydrogen) atoms. The number of carbonyl (C=O) groups is 1. The summed E-state index contributed by atoms with van der Waals surface area (Å²) >= 11 is 6.29. The van der Waals surface area contributed by atoms with Crippen molar-refractivity contribution >= 4 is 23.6 Å². The number of benzene rings is 1. The standard InChI is InChI=1S/C20H23ClN2O3/c1-4-10-26-20-17(21)11-15(12-18(20)25-3)7-8-19(24)23(2)14-16-6-5-9-22-13-16/h5-9,11-13H,4,10,14H2,1-3H3/b8-7+. The van der Waals surface area contributed by atoms with Crippen molar-refractivity contribution < 1.29 is 14.3 Å². The zero-order chi connectivity index (χ0) is 18.9. The van der Waals surface area contributed by atoms with Gasteiger partial charge in [-0.1, -0.05) is 24.6 Å². The van der Waals surface area contributed by atoms with Crippen molar-refractivity contribution in [2.75, 3.05) is 20.8 Å². The molecule has 0 bridgehead atoms. The molecule has 6 heteroatoms. The number of hydrogen-bond acceptors (Lipinski definition) is 4. The zero-order valence-electron chi connectivity index (χ0n) is 15.2. The quantitative estimate of drug-likeness (QED) is 0.649. The van der Waals surface area contributed by atoms with Gasteiger partial charge in [-0.3, -0.25) is 9.78 Å². The molecule has 2 aromatic rings. The van der Waals surface area contributed by atoms with Gasteiger partial charge in [0.25, 0.3) is 0 Å². The molecule has 1 aromatic heterocycles. The van der Waals surface area contributed by atoms with Gasteiger partial charge < -0.3 is 14.4 Å². The summed E-state index contributed by atoms with van der Waals surface area (Å²) < 4.78 is 11.0. The van der Waals surface area contributed by atoms with E-state index in [0.717, 1.165) is 17.5 Å². The van der Waals surface area contributed by atoms with Crippen molar-refractivity contribution in [3.8, 4) is 11.5 Å². The van der Waals surface area contributed by atoms with E-state index in [4.69, 9.17) is 21.1 Å². The number of aromatic nitrogens is 1. The smallest absolute Gasteiger partial charge is 0.246 e. The highest BCUT2D eigenvalue weighted by molar-refractivity contribution is 6.32. The summed E-state index contributed by atoms with van der Waals surface area (Å²) in [5.41, 5.74) is 1.73. The maximum atomic E-state index is 12.3. The Morgan fingerprint density at radius 2 is 2.19 bits per heavy atom. The highest BCUT2D eigenvalue weighted by atomic mass is 35.5. The summed E-state index contributed by atoms with van der Waals surface area (Å²) in [5.74, 6) is 0.949. The van der Waals surface area contributed by atoms with E-state index in [9.17, 15) is 4.79 Å². The fraction of sp³-hybridized carbons (Fsp3) is 0.300. The summed E-state index contributed by atoms with van der Waals surface area (Å²) in [4.78, 5) is 18.0. The third kappa shape index (κ3) is 5.49. The number of nitrogens with zero attached hydrogens (tertiary/aromatic N) is 2. The van der Waals surface area contributed by atoms with Crippen LogP contribution in [0.25, 0.3) is 6.08 Å². The predicted octanol–water partition coefficient (Wildman–Crippen LogP) is 4.20. The molecule has 0 spiro atoms. The Bertz CT molecular complexity index is 763. The molecular weight excluding hydrogens is 352 g/mol. The lowest BCUT2D eigenvalue weighted by atomic mass is 10.1. The highest BCUT2D eigenvalue weighted by Crippen LogP contribution is 2.36. The van der Waals surface area contributed by atoms with Crippen LogP contribution in [0.4, 0.5) is 0 Å². The van der Waals surface area contributed by atoms with E-state index < -0.39 is 0 Å². The second kappa shape index (κ2) is 9.82. The molecule has 0 saturated heterocycles. The first-order valence-electron chi connectivity index (χ1n) is 8.37. The molecule has 1 aromatic carbocycles. The molecular formula is C20H23ClN2O3. The molecule has 2 rings (SSSR count). The first-order chi connectivity index (χ1) is 12.5. The van der Waals surface area contributed by atoms with E-state index in [2.05, 4.69) is 4.98 Å². The Morgan fingerprint density at radius 1 is 1.38 bits per heavy atom. The summed E-state index contributed by atoms with van der Waals surface area (Å²) in [7, 11) is 3.31. The number of methoxy groups -OCH3 is 1. The summed E-state index contributed by atoms with van der Waals surface area (Å²) in [6.07, 6.45) is 7.54.